The number of amides is 1. The molecule has 23 heavy (non-hydrogen) atoms. The number of likely N-dealkylation sites (tertiary alicyclic amines) is 1. The lowest BCUT2D eigenvalue weighted by atomic mass is 9.81. The fraction of sp³-hybridized carbons (Fsp3) is 0.588. The largest absolute Gasteiger partial charge is 0.445 e. The van der Waals surface area contributed by atoms with Crippen LogP contribution in [0.1, 0.15) is 19.4 Å². The van der Waals surface area contributed by atoms with Gasteiger partial charge < -0.3 is 9.64 Å². The van der Waals surface area contributed by atoms with Gasteiger partial charge in [-0.15, -0.1) is 0 Å². The van der Waals surface area contributed by atoms with Crippen molar-refractivity contribution >= 4 is 6.09 Å². The molecule has 2 rings (SSSR count). The first-order chi connectivity index (χ1) is 11.1. The third-order valence-corrected chi connectivity index (χ3v) is 4.22. The summed E-state index contributed by atoms with van der Waals surface area (Å²) < 4.78 is 18.6. The average molecular weight is 325 g/mol. The van der Waals surface area contributed by atoms with Crippen LogP contribution in [-0.4, -0.2) is 44.0 Å². The Labute approximate surface area is 136 Å². The lowest BCUT2D eigenvalue weighted by Crippen LogP contribution is -2.35. The highest BCUT2D eigenvalue weighted by molar-refractivity contribution is 5.68. The highest BCUT2D eigenvalue weighted by atomic mass is 19.1. The van der Waals surface area contributed by atoms with Gasteiger partial charge in [-0.25, -0.2) is 14.6 Å². The van der Waals surface area contributed by atoms with Gasteiger partial charge in [0.05, 0.1) is 19.9 Å². The molecule has 1 fully saturated rings. The van der Waals surface area contributed by atoms with Crippen molar-refractivity contribution in [1.82, 2.24) is 4.90 Å². The molecule has 0 bridgehead atoms. The fourth-order valence-electron chi connectivity index (χ4n) is 2.72. The Hall–Kier alpha value is -1.66. The zero-order valence-corrected chi connectivity index (χ0v) is 13.7. The zero-order valence-electron chi connectivity index (χ0n) is 13.7. The second kappa shape index (κ2) is 8.26. The Bertz CT molecular complexity index is 499. The molecular formula is C17H24FNO4. The van der Waals surface area contributed by atoms with Crippen LogP contribution in [-0.2, 0) is 21.1 Å². The molecule has 0 aromatic heterocycles. The van der Waals surface area contributed by atoms with Gasteiger partial charge in [0.25, 0.3) is 0 Å². The molecule has 6 heteroatoms. The van der Waals surface area contributed by atoms with Gasteiger partial charge in [0.15, 0.2) is 0 Å². The molecule has 0 unspecified atom stereocenters. The van der Waals surface area contributed by atoms with Crippen molar-refractivity contribution < 1.29 is 23.7 Å². The Morgan fingerprint density at radius 2 is 2.09 bits per heavy atom. The van der Waals surface area contributed by atoms with E-state index in [0.29, 0.717) is 19.7 Å². The summed E-state index contributed by atoms with van der Waals surface area (Å²) in [6, 6.07) is 9.46. The van der Waals surface area contributed by atoms with E-state index in [-0.39, 0.29) is 19.1 Å². The van der Waals surface area contributed by atoms with Crippen molar-refractivity contribution in [2.24, 2.45) is 11.3 Å². The molecule has 128 valence electrons. The summed E-state index contributed by atoms with van der Waals surface area (Å²) in [4.78, 5) is 23.8. The molecule has 0 spiro atoms. The summed E-state index contributed by atoms with van der Waals surface area (Å²) in [6.07, 6.45) is -0.424. The highest BCUT2D eigenvalue weighted by Crippen LogP contribution is 2.36. The number of ether oxygens (including phenoxy) is 1. The van der Waals surface area contributed by atoms with E-state index in [2.05, 4.69) is 0 Å². The summed E-state index contributed by atoms with van der Waals surface area (Å²) >= 11 is 0. The molecule has 1 aromatic carbocycles. The second-order valence-corrected chi connectivity index (χ2v) is 6.09. The SMILES string of the molecule is CCOOC[C@]1(C)CN(C(=O)OCc2ccccc2)C[C@H]1CF. The van der Waals surface area contributed by atoms with Crippen LogP contribution in [0.2, 0.25) is 0 Å². The summed E-state index contributed by atoms with van der Waals surface area (Å²) in [5.41, 5.74) is 0.444. The maximum atomic E-state index is 13.3. The van der Waals surface area contributed by atoms with E-state index >= 15 is 0 Å². The van der Waals surface area contributed by atoms with Crippen LogP contribution in [0.3, 0.4) is 0 Å². The van der Waals surface area contributed by atoms with Crippen LogP contribution in [0.5, 0.6) is 0 Å². The second-order valence-electron chi connectivity index (χ2n) is 6.09. The quantitative estimate of drug-likeness (QED) is 0.439. The van der Waals surface area contributed by atoms with Crippen LogP contribution >= 0.6 is 0 Å². The molecule has 5 nitrogen and oxygen atoms in total. The van der Waals surface area contributed by atoms with Crippen LogP contribution in [0.25, 0.3) is 0 Å². The number of nitrogens with zero attached hydrogens (tertiary/aromatic N) is 1. The zero-order chi connectivity index (χ0) is 16.7. The minimum Gasteiger partial charge on any atom is -0.445 e. The van der Waals surface area contributed by atoms with Gasteiger partial charge >= 0.3 is 6.09 Å². The minimum atomic E-state index is -0.506. The number of carbonyl (C=O) groups excluding carboxylic acids is 1. The van der Waals surface area contributed by atoms with Gasteiger partial charge in [-0.1, -0.05) is 37.3 Å². The lowest BCUT2D eigenvalue weighted by molar-refractivity contribution is -0.307. The number of carbonyl (C=O) groups is 1. The van der Waals surface area contributed by atoms with Crippen LogP contribution in [0.15, 0.2) is 30.3 Å². The number of benzene rings is 1. The molecule has 1 aliphatic rings. The maximum Gasteiger partial charge on any atom is 0.410 e. The average Bonchev–Trinajstić information content (AvgIpc) is 2.91. The summed E-state index contributed by atoms with van der Waals surface area (Å²) in [6.45, 7) is 4.82. The molecule has 0 radical (unpaired) electrons. The predicted molar refractivity (Wildman–Crippen MR) is 83.4 cm³/mol. The van der Waals surface area contributed by atoms with E-state index in [1.807, 2.05) is 44.2 Å². The maximum absolute atomic E-state index is 13.3. The minimum absolute atomic E-state index is 0.211. The van der Waals surface area contributed by atoms with Gasteiger partial charge in [-0.2, -0.15) is 0 Å². The smallest absolute Gasteiger partial charge is 0.410 e. The van der Waals surface area contributed by atoms with Crippen LogP contribution < -0.4 is 0 Å². The number of alkyl halides is 1. The molecule has 0 aliphatic carbocycles. The van der Waals surface area contributed by atoms with Crippen molar-refractivity contribution in [3.8, 4) is 0 Å². The third kappa shape index (κ3) is 4.65. The van der Waals surface area contributed by atoms with E-state index in [4.69, 9.17) is 14.5 Å². The summed E-state index contributed by atoms with van der Waals surface area (Å²) in [7, 11) is 0. The molecular weight excluding hydrogens is 301 g/mol. The van der Waals surface area contributed by atoms with Crippen LogP contribution in [0, 0.1) is 11.3 Å². The molecule has 1 aromatic rings. The number of hydrogen-bond acceptors (Lipinski definition) is 4. The third-order valence-electron chi connectivity index (χ3n) is 4.22. The summed E-state index contributed by atoms with van der Waals surface area (Å²) in [5.74, 6) is -0.285. The molecule has 0 saturated carbocycles. The van der Waals surface area contributed by atoms with Crippen molar-refractivity contribution in [1.29, 1.82) is 0 Å². The highest BCUT2D eigenvalue weighted by Gasteiger charge is 2.45. The lowest BCUT2D eigenvalue weighted by Gasteiger charge is -2.27. The van der Waals surface area contributed by atoms with Crippen molar-refractivity contribution in [3.05, 3.63) is 35.9 Å². The van der Waals surface area contributed by atoms with Crippen molar-refractivity contribution in [2.45, 2.75) is 20.5 Å². The Balaban J connectivity index is 1.89. The Morgan fingerprint density at radius 3 is 2.74 bits per heavy atom. The molecule has 1 heterocycles. The Kier molecular flexibility index (Phi) is 6.36. The molecule has 2 atom stereocenters. The summed E-state index contributed by atoms with van der Waals surface area (Å²) in [5, 5.41) is 0. The first-order valence-electron chi connectivity index (χ1n) is 7.85. The van der Waals surface area contributed by atoms with Gasteiger partial charge in [0.1, 0.15) is 6.61 Å². The van der Waals surface area contributed by atoms with Gasteiger partial charge in [0.2, 0.25) is 0 Å². The fourth-order valence-corrected chi connectivity index (χ4v) is 2.72. The van der Waals surface area contributed by atoms with Gasteiger partial charge in [0, 0.05) is 24.4 Å². The van der Waals surface area contributed by atoms with E-state index in [1.54, 1.807) is 4.90 Å². The topological polar surface area (TPSA) is 48.0 Å². The Morgan fingerprint density at radius 1 is 1.35 bits per heavy atom. The van der Waals surface area contributed by atoms with Crippen molar-refractivity contribution in [3.63, 3.8) is 0 Å². The number of halogens is 1. The number of hydrogen-bond donors (Lipinski definition) is 0. The normalized spacial score (nSPS) is 24.0. The molecule has 1 saturated heterocycles. The number of rotatable bonds is 7. The van der Waals surface area contributed by atoms with Crippen LogP contribution in [0.4, 0.5) is 9.18 Å². The first-order valence-corrected chi connectivity index (χ1v) is 7.85. The van der Waals surface area contributed by atoms with E-state index in [9.17, 15) is 9.18 Å². The van der Waals surface area contributed by atoms with Crippen molar-refractivity contribution in [2.75, 3.05) is 33.0 Å². The van der Waals surface area contributed by atoms with E-state index < -0.39 is 18.2 Å². The molecule has 1 aliphatic heterocycles. The molecule has 1 amide bonds. The van der Waals surface area contributed by atoms with Gasteiger partial charge in [-0.3, -0.25) is 4.39 Å². The standard InChI is InChI=1S/C17H24FNO4/c1-3-22-23-13-17(2)12-19(10-15(17)9-18)16(20)21-11-14-7-5-4-6-8-14/h4-8,15H,3,9-13H2,1-2H3/t15-,17+/m1/s1. The molecule has 0 N–H and O–H groups in total. The van der Waals surface area contributed by atoms with E-state index in [1.165, 1.54) is 0 Å². The van der Waals surface area contributed by atoms with Gasteiger partial charge in [-0.05, 0) is 12.5 Å². The first kappa shape index (κ1) is 17.7. The predicted octanol–water partition coefficient (Wildman–Crippen LogP) is 3.20. The van der Waals surface area contributed by atoms with E-state index in [0.717, 1.165) is 5.56 Å². The monoisotopic (exact) mass is 325 g/mol.